The minimum atomic E-state index is -0.310. The zero-order valence-electron chi connectivity index (χ0n) is 11.6. The van der Waals surface area contributed by atoms with Gasteiger partial charge in [0.05, 0.1) is 5.92 Å². The number of carbonyl (C=O) groups is 1. The van der Waals surface area contributed by atoms with Gasteiger partial charge < -0.3 is 5.32 Å². The summed E-state index contributed by atoms with van der Waals surface area (Å²) in [6.45, 7) is 0. The van der Waals surface area contributed by atoms with Gasteiger partial charge in [-0.3, -0.25) is 9.78 Å². The number of benzene rings is 1. The Morgan fingerprint density at radius 2 is 2.05 bits per heavy atom. The molecule has 108 valence electrons. The molecule has 2 aromatic rings. The summed E-state index contributed by atoms with van der Waals surface area (Å²) in [5.41, 5.74) is 1.83. The van der Waals surface area contributed by atoms with Crippen LogP contribution >= 0.6 is 0 Å². The van der Waals surface area contributed by atoms with Crippen LogP contribution in [0.25, 0.3) is 0 Å². The van der Waals surface area contributed by atoms with E-state index in [4.69, 9.17) is 0 Å². The molecule has 1 aromatic carbocycles. The summed E-state index contributed by atoms with van der Waals surface area (Å²) in [6.07, 6.45) is 6.14. The van der Waals surface area contributed by atoms with E-state index in [9.17, 15) is 9.18 Å². The topological polar surface area (TPSA) is 42.0 Å². The molecule has 1 saturated carbocycles. The number of nitrogens with one attached hydrogen (secondary N) is 1. The molecule has 0 aliphatic heterocycles. The van der Waals surface area contributed by atoms with Crippen LogP contribution in [0.5, 0.6) is 0 Å². The van der Waals surface area contributed by atoms with Gasteiger partial charge in [0.2, 0.25) is 5.91 Å². The number of hydrogen-bond donors (Lipinski definition) is 1. The molecule has 0 radical (unpaired) electrons. The predicted molar refractivity (Wildman–Crippen MR) is 78.2 cm³/mol. The van der Waals surface area contributed by atoms with E-state index in [1.165, 1.54) is 12.1 Å². The molecule has 1 fully saturated rings. The first-order chi connectivity index (χ1) is 10.2. The molecular weight excluding hydrogens is 267 g/mol. The maximum absolute atomic E-state index is 13.1. The van der Waals surface area contributed by atoms with Crippen molar-refractivity contribution in [3.05, 3.63) is 65.7 Å². The average Bonchev–Trinajstić information content (AvgIpc) is 3.31. The quantitative estimate of drug-likeness (QED) is 0.917. The van der Waals surface area contributed by atoms with Gasteiger partial charge >= 0.3 is 0 Å². The van der Waals surface area contributed by atoms with E-state index in [0.717, 1.165) is 24.0 Å². The van der Waals surface area contributed by atoms with Gasteiger partial charge in [-0.05, 0) is 48.6 Å². The second kappa shape index (κ2) is 6.04. The molecule has 1 aliphatic rings. The Kier molecular flexibility index (Phi) is 3.95. The Hall–Kier alpha value is -2.23. The minimum Gasteiger partial charge on any atom is -0.353 e. The number of aromatic nitrogens is 1. The van der Waals surface area contributed by atoms with Crippen LogP contribution in [-0.4, -0.2) is 16.9 Å². The number of halogens is 1. The van der Waals surface area contributed by atoms with Gasteiger partial charge in [0.1, 0.15) is 5.82 Å². The second-order valence-electron chi connectivity index (χ2n) is 5.45. The van der Waals surface area contributed by atoms with E-state index in [0.29, 0.717) is 12.5 Å². The first-order valence-electron chi connectivity index (χ1n) is 7.17. The fraction of sp³-hybridized carbons (Fsp3) is 0.294. The molecule has 1 unspecified atom stereocenters. The highest BCUT2D eigenvalue weighted by Gasteiger charge is 2.28. The van der Waals surface area contributed by atoms with E-state index in [2.05, 4.69) is 10.3 Å². The Morgan fingerprint density at radius 3 is 2.67 bits per heavy atom. The van der Waals surface area contributed by atoms with Crippen LogP contribution in [0.4, 0.5) is 4.39 Å². The molecule has 1 atom stereocenters. The number of hydrogen-bond acceptors (Lipinski definition) is 2. The first kappa shape index (κ1) is 13.7. The highest BCUT2D eigenvalue weighted by atomic mass is 19.1. The lowest BCUT2D eigenvalue weighted by Gasteiger charge is -2.17. The largest absolute Gasteiger partial charge is 0.353 e. The van der Waals surface area contributed by atoms with Crippen LogP contribution in [0.2, 0.25) is 0 Å². The molecule has 0 spiro atoms. The van der Waals surface area contributed by atoms with Gasteiger partial charge in [-0.25, -0.2) is 4.39 Å². The van der Waals surface area contributed by atoms with E-state index < -0.39 is 0 Å². The van der Waals surface area contributed by atoms with Crippen molar-refractivity contribution in [2.45, 2.75) is 31.2 Å². The fourth-order valence-corrected chi connectivity index (χ4v) is 2.34. The van der Waals surface area contributed by atoms with Crippen LogP contribution in [0.3, 0.4) is 0 Å². The molecule has 4 heteroatoms. The van der Waals surface area contributed by atoms with E-state index in [1.807, 2.05) is 12.1 Å². The number of rotatable bonds is 5. The zero-order chi connectivity index (χ0) is 14.7. The van der Waals surface area contributed by atoms with Crippen molar-refractivity contribution in [2.75, 3.05) is 0 Å². The lowest BCUT2D eigenvalue weighted by atomic mass is 9.91. The van der Waals surface area contributed by atoms with Crippen molar-refractivity contribution in [2.24, 2.45) is 0 Å². The summed E-state index contributed by atoms with van der Waals surface area (Å²) < 4.78 is 13.1. The highest BCUT2D eigenvalue weighted by Crippen LogP contribution is 2.25. The second-order valence-corrected chi connectivity index (χ2v) is 5.45. The van der Waals surface area contributed by atoms with Crippen molar-refractivity contribution in [3.8, 4) is 0 Å². The third-order valence-corrected chi connectivity index (χ3v) is 3.68. The monoisotopic (exact) mass is 284 g/mol. The summed E-state index contributed by atoms with van der Waals surface area (Å²) in [5.74, 6) is -0.593. The summed E-state index contributed by atoms with van der Waals surface area (Å²) in [5, 5.41) is 3.03. The third kappa shape index (κ3) is 3.66. The third-order valence-electron chi connectivity index (χ3n) is 3.68. The summed E-state index contributed by atoms with van der Waals surface area (Å²) in [7, 11) is 0. The molecule has 1 heterocycles. The first-order valence-corrected chi connectivity index (χ1v) is 7.17. The summed E-state index contributed by atoms with van der Waals surface area (Å²) >= 11 is 0. The van der Waals surface area contributed by atoms with Gasteiger partial charge in [0.15, 0.2) is 0 Å². The van der Waals surface area contributed by atoms with Gasteiger partial charge in [0, 0.05) is 18.4 Å². The lowest BCUT2D eigenvalue weighted by Crippen LogP contribution is -2.32. The SMILES string of the molecule is O=C(NC1CC1)C(Cc1cccnc1)c1ccc(F)cc1. The molecule has 1 aliphatic carbocycles. The molecule has 0 saturated heterocycles. The highest BCUT2D eigenvalue weighted by molar-refractivity contribution is 5.84. The van der Waals surface area contributed by atoms with E-state index in [-0.39, 0.29) is 17.6 Å². The summed E-state index contributed by atoms with van der Waals surface area (Å²) in [4.78, 5) is 16.5. The Bertz CT molecular complexity index is 608. The van der Waals surface area contributed by atoms with Crippen molar-refractivity contribution < 1.29 is 9.18 Å². The van der Waals surface area contributed by atoms with Crippen LogP contribution < -0.4 is 5.32 Å². The van der Waals surface area contributed by atoms with Gasteiger partial charge in [-0.1, -0.05) is 18.2 Å². The average molecular weight is 284 g/mol. The molecule has 0 bridgehead atoms. The Morgan fingerprint density at radius 1 is 1.29 bits per heavy atom. The smallest absolute Gasteiger partial charge is 0.228 e. The van der Waals surface area contributed by atoms with E-state index in [1.54, 1.807) is 24.5 Å². The normalized spacial score (nSPS) is 15.5. The van der Waals surface area contributed by atoms with Crippen LogP contribution in [0, 0.1) is 5.82 Å². The maximum Gasteiger partial charge on any atom is 0.228 e. The van der Waals surface area contributed by atoms with Crippen LogP contribution in [-0.2, 0) is 11.2 Å². The number of carbonyl (C=O) groups excluding carboxylic acids is 1. The molecular formula is C17H17FN2O. The van der Waals surface area contributed by atoms with Gasteiger partial charge in [0.25, 0.3) is 0 Å². The minimum absolute atomic E-state index is 0.00737. The fourth-order valence-electron chi connectivity index (χ4n) is 2.34. The zero-order valence-corrected chi connectivity index (χ0v) is 11.6. The molecule has 3 nitrogen and oxygen atoms in total. The Balaban J connectivity index is 1.82. The van der Waals surface area contributed by atoms with Crippen molar-refractivity contribution in [1.29, 1.82) is 0 Å². The standard InChI is InChI=1S/C17H17FN2O/c18-14-5-3-13(4-6-14)16(17(21)20-15-7-8-15)10-12-2-1-9-19-11-12/h1-6,9,11,15-16H,7-8,10H2,(H,20,21). The number of nitrogens with zero attached hydrogens (tertiary/aromatic N) is 1. The lowest BCUT2D eigenvalue weighted by molar-refractivity contribution is -0.122. The molecule has 1 aromatic heterocycles. The Labute approximate surface area is 123 Å². The maximum atomic E-state index is 13.1. The number of pyridine rings is 1. The van der Waals surface area contributed by atoms with Gasteiger partial charge in [-0.15, -0.1) is 0 Å². The molecule has 21 heavy (non-hydrogen) atoms. The predicted octanol–water partition coefficient (Wildman–Crippen LogP) is 2.83. The molecule has 1 amide bonds. The van der Waals surface area contributed by atoms with Crippen molar-refractivity contribution in [3.63, 3.8) is 0 Å². The molecule has 1 N–H and O–H groups in total. The number of amides is 1. The van der Waals surface area contributed by atoms with Crippen LogP contribution in [0.1, 0.15) is 29.9 Å². The van der Waals surface area contributed by atoms with E-state index >= 15 is 0 Å². The van der Waals surface area contributed by atoms with Crippen LogP contribution in [0.15, 0.2) is 48.8 Å². The van der Waals surface area contributed by atoms with Crippen molar-refractivity contribution >= 4 is 5.91 Å². The molecule has 3 rings (SSSR count). The van der Waals surface area contributed by atoms with Gasteiger partial charge in [-0.2, -0.15) is 0 Å². The summed E-state index contributed by atoms with van der Waals surface area (Å²) in [6, 6.07) is 10.3. The van der Waals surface area contributed by atoms with Crippen molar-refractivity contribution in [1.82, 2.24) is 10.3 Å².